The molecule has 0 amide bonds. The lowest BCUT2D eigenvalue weighted by atomic mass is 9.99. The monoisotopic (exact) mass is 591 g/mol. The molecule has 0 saturated carbocycles. The fourth-order valence-corrected chi connectivity index (χ4v) is 6.44. The molecule has 0 bridgehead atoms. The average Bonchev–Trinajstić information content (AvgIpc) is 2.85. The minimum Gasteiger partial charge on any atom is -0.338 e. The van der Waals surface area contributed by atoms with Crippen LogP contribution in [0.4, 0.5) is 0 Å². The van der Waals surface area contributed by atoms with Gasteiger partial charge in [-0.15, -0.1) is 0 Å². The van der Waals surface area contributed by atoms with Crippen molar-refractivity contribution >= 4 is 85.5 Å². The molecule has 0 spiro atoms. The molecule has 0 aliphatic heterocycles. The zero-order chi connectivity index (χ0) is 18.1. The van der Waals surface area contributed by atoms with Crippen molar-refractivity contribution < 1.29 is 0 Å². The molecule has 0 aliphatic carbocycles. The quantitative estimate of drug-likeness (QED) is 0.268. The molecule has 5 heteroatoms. The zero-order valence-electron chi connectivity index (χ0n) is 14.4. The van der Waals surface area contributed by atoms with Crippen LogP contribution in [0.25, 0.3) is 21.8 Å². The number of hydrogen-bond acceptors (Lipinski definition) is 0. The summed E-state index contributed by atoms with van der Waals surface area (Å²) in [5.74, 6) is 0.699. The van der Waals surface area contributed by atoms with Crippen molar-refractivity contribution in [2.24, 2.45) is 5.92 Å². The highest BCUT2D eigenvalue weighted by molar-refractivity contribution is 9.11. The number of unbranched alkanes of at least 4 members (excludes halogenated alkanes) is 1. The van der Waals surface area contributed by atoms with Crippen LogP contribution in [0.2, 0.25) is 0 Å². The second kappa shape index (κ2) is 8.45. The van der Waals surface area contributed by atoms with Gasteiger partial charge in [0.1, 0.15) is 0 Å². The fraction of sp³-hybridized carbons (Fsp3) is 0.400. The van der Waals surface area contributed by atoms with Crippen molar-refractivity contribution in [1.82, 2.24) is 4.57 Å². The summed E-state index contributed by atoms with van der Waals surface area (Å²) < 4.78 is 6.98. The Hall–Kier alpha value is 0.160. The molecule has 3 aromatic rings. The van der Waals surface area contributed by atoms with E-state index in [1.54, 1.807) is 0 Å². The molecule has 1 nitrogen and oxygen atoms in total. The van der Waals surface area contributed by atoms with E-state index in [-0.39, 0.29) is 0 Å². The van der Waals surface area contributed by atoms with Gasteiger partial charge in [0.05, 0.1) is 11.0 Å². The standard InChI is InChI=1S/C20H21Br4N/c1-3-5-6-12(4-2)11-25-19-15(7-13(21)9-17(19)23)16-8-14(22)10-18(24)20(16)25/h7-10,12H,3-6,11H2,1-2H3. The number of aromatic nitrogens is 1. The van der Waals surface area contributed by atoms with Crippen molar-refractivity contribution in [2.75, 3.05) is 0 Å². The third kappa shape index (κ3) is 4.04. The first-order valence-corrected chi connectivity index (χ1v) is 11.9. The topological polar surface area (TPSA) is 4.93 Å². The van der Waals surface area contributed by atoms with Crippen LogP contribution in [0.5, 0.6) is 0 Å². The van der Waals surface area contributed by atoms with Gasteiger partial charge in [-0.2, -0.15) is 0 Å². The van der Waals surface area contributed by atoms with Crippen molar-refractivity contribution in [2.45, 2.75) is 46.1 Å². The summed E-state index contributed by atoms with van der Waals surface area (Å²) in [6.45, 7) is 5.64. The van der Waals surface area contributed by atoms with Gasteiger partial charge in [0.15, 0.2) is 0 Å². The van der Waals surface area contributed by atoms with Crippen LogP contribution in [0.1, 0.15) is 39.5 Å². The maximum Gasteiger partial charge on any atom is 0.0636 e. The van der Waals surface area contributed by atoms with Gasteiger partial charge in [-0.3, -0.25) is 0 Å². The normalized spacial score (nSPS) is 13.0. The van der Waals surface area contributed by atoms with Gasteiger partial charge < -0.3 is 4.57 Å². The van der Waals surface area contributed by atoms with Gasteiger partial charge in [0.25, 0.3) is 0 Å². The maximum atomic E-state index is 3.81. The van der Waals surface area contributed by atoms with Crippen LogP contribution >= 0.6 is 63.7 Å². The molecule has 0 aliphatic rings. The summed E-state index contributed by atoms with van der Waals surface area (Å²) in [6.07, 6.45) is 5.06. The van der Waals surface area contributed by atoms with Crippen molar-refractivity contribution in [3.8, 4) is 0 Å². The summed E-state index contributed by atoms with van der Waals surface area (Å²) in [6, 6.07) is 8.75. The predicted molar refractivity (Wildman–Crippen MR) is 124 cm³/mol. The number of hydrogen-bond donors (Lipinski definition) is 0. The predicted octanol–water partition coefficient (Wildman–Crippen LogP) is 9.06. The Kier molecular flexibility index (Phi) is 6.73. The first-order valence-electron chi connectivity index (χ1n) is 8.72. The molecule has 134 valence electrons. The molecule has 0 saturated heterocycles. The van der Waals surface area contributed by atoms with Gasteiger partial charge in [0, 0.05) is 35.2 Å². The summed E-state index contributed by atoms with van der Waals surface area (Å²) >= 11 is 14.9. The van der Waals surface area contributed by atoms with Gasteiger partial charge in [-0.1, -0.05) is 65.0 Å². The fourth-order valence-electron chi connectivity index (χ4n) is 3.56. The first kappa shape index (κ1) is 19.9. The number of nitrogens with zero attached hydrogens (tertiary/aromatic N) is 1. The molecule has 1 aromatic heterocycles. The molecule has 3 rings (SSSR count). The summed E-state index contributed by atoms with van der Waals surface area (Å²) in [4.78, 5) is 0. The molecule has 1 heterocycles. The second-order valence-corrected chi connectivity index (χ2v) is 10.1. The molecular formula is C20H21Br4N. The van der Waals surface area contributed by atoms with E-state index in [0.717, 1.165) is 24.4 Å². The van der Waals surface area contributed by atoms with Crippen LogP contribution in [0.15, 0.2) is 42.2 Å². The highest BCUT2D eigenvalue weighted by Gasteiger charge is 2.19. The third-order valence-electron chi connectivity index (χ3n) is 4.87. The smallest absolute Gasteiger partial charge is 0.0636 e. The van der Waals surface area contributed by atoms with Gasteiger partial charge >= 0.3 is 0 Å². The lowest BCUT2D eigenvalue weighted by molar-refractivity contribution is 0.400. The van der Waals surface area contributed by atoms with Crippen molar-refractivity contribution in [3.05, 3.63) is 42.2 Å². The lowest BCUT2D eigenvalue weighted by Gasteiger charge is -2.18. The van der Waals surface area contributed by atoms with Crippen LogP contribution in [0.3, 0.4) is 0 Å². The first-order chi connectivity index (χ1) is 12.0. The summed E-state index contributed by atoms with van der Waals surface area (Å²) in [5.41, 5.74) is 2.57. The van der Waals surface area contributed by atoms with Crippen molar-refractivity contribution in [3.63, 3.8) is 0 Å². The maximum absolute atomic E-state index is 3.81. The number of rotatable bonds is 6. The minimum absolute atomic E-state index is 0.699. The molecule has 2 aromatic carbocycles. The van der Waals surface area contributed by atoms with E-state index in [0.29, 0.717) is 5.92 Å². The zero-order valence-corrected chi connectivity index (χ0v) is 20.7. The van der Waals surface area contributed by atoms with E-state index in [2.05, 4.69) is 106 Å². The van der Waals surface area contributed by atoms with Gasteiger partial charge in [0.2, 0.25) is 0 Å². The molecule has 0 fully saturated rings. The van der Waals surface area contributed by atoms with E-state index in [1.165, 1.54) is 47.5 Å². The Morgan fingerprint density at radius 1 is 0.840 bits per heavy atom. The van der Waals surface area contributed by atoms with E-state index in [9.17, 15) is 0 Å². The average molecular weight is 595 g/mol. The van der Waals surface area contributed by atoms with Gasteiger partial charge in [-0.05, 0) is 68.5 Å². The van der Waals surface area contributed by atoms with Crippen LogP contribution < -0.4 is 0 Å². The Bertz CT molecular complexity index is 848. The van der Waals surface area contributed by atoms with E-state index in [1.807, 2.05) is 0 Å². The van der Waals surface area contributed by atoms with Crippen LogP contribution in [-0.4, -0.2) is 4.57 Å². The molecule has 1 atom stereocenters. The Morgan fingerprint density at radius 2 is 1.36 bits per heavy atom. The van der Waals surface area contributed by atoms with E-state index < -0.39 is 0 Å². The number of halogens is 4. The SMILES string of the molecule is CCCCC(CC)Cn1c2c(Br)cc(Br)cc2c2cc(Br)cc(Br)c21. The second-order valence-electron chi connectivity index (χ2n) is 6.59. The van der Waals surface area contributed by atoms with Crippen molar-refractivity contribution in [1.29, 1.82) is 0 Å². The highest BCUT2D eigenvalue weighted by Crippen LogP contribution is 2.41. The Labute approximate surface area is 183 Å². The van der Waals surface area contributed by atoms with Crippen LogP contribution in [0, 0.1) is 5.92 Å². The van der Waals surface area contributed by atoms with Crippen LogP contribution in [-0.2, 0) is 6.54 Å². The molecule has 0 radical (unpaired) electrons. The molecule has 1 unspecified atom stereocenters. The van der Waals surface area contributed by atoms with E-state index >= 15 is 0 Å². The Morgan fingerprint density at radius 3 is 1.80 bits per heavy atom. The van der Waals surface area contributed by atoms with Gasteiger partial charge in [-0.25, -0.2) is 0 Å². The van der Waals surface area contributed by atoms with E-state index in [4.69, 9.17) is 0 Å². The largest absolute Gasteiger partial charge is 0.338 e. The molecular weight excluding hydrogens is 574 g/mol. The summed E-state index contributed by atoms with van der Waals surface area (Å²) in [7, 11) is 0. The third-order valence-corrected chi connectivity index (χ3v) is 7.00. The number of benzene rings is 2. The Balaban J connectivity index is 2.27. The molecule has 0 N–H and O–H groups in total. The summed E-state index contributed by atoms with van der Waals surface area (Å²) in [5, 5.41) is 2.56. The molecule has 25 heavy (non-hydrogen) atoms. The number of fused-ring (bicyclic) bond motifs is 3. The lowest BCUT2D eigenvalue weighted by Crippen LogP contribution is -2.10. The minimum atomic E-state index is 0.699. The highest BCUT2D eigenvalue weighted by atomic mass is 79.9.